The average Bonchev–Trinajstić information content (AvgIpc) is 2.85. The molecule has 0 radical (unpaired) electrons. The number of halogens is 2. The topological polar surface area (TPSA) is 43.3 Å². The third kappa shape index (κ3) is 3.54. The zero-order valence-corrected chi connectivity index (χ0v) is 15.6. The molecule has 2 aromatic carbocycles. The minimum Gasteiger partial charge on any atom is -0.494 e. The van der Waals surface area contributed by atoms with Crippen LogP contribution in [0.25, 0.3) is 10.9 Å². The maximum absolute atomic E-state index is 13.7. The highest BCUT2D eigenvalue weighted by Gasteiger charge is 2.14. The number of carbonyl (C=O) groups excluding carboxylic acids is 1. The normalized spacial score (nSPS) is 10.9. The number of amides is 1. The Morgan fingerprint density at radius 1 is 1.28 bits per heavy atom. The van der Waals surface area contributed by atoms with Crippen LogP contribution in [0.15, 0.2) is 46.9 Å². The molecule has 0 atom stereocenters. The molecule has 3 aromatic rings. The second-order valence-electron chi connectivity index (χ2n) is 5.75. The molecule has 0 saturated heterocycles. The van der Waals surface area contributed by atoms with Crippen molar-refractivity contribution in [2.24, 2.45) is 0 Å². The van der Waals surface area contributed by atoms with Crippen molar-refractivity contribution in [1.29, 1.82) is 0 Å². The van der Waals surface area contributed by atoms with Crippen LogP contribution in [0.3, 0.4) is 0 Å². The Labute approximate surface area is 153 Å². The van der Waals surface area contributed by atoms with Crippen molar-refractivity contribution >= 4 is 32.7 Å². The van der Waals surface area contributed by atoms with Gasteiger partial charge in [-0.2, -0.15) is 0 Å². The highest BCUT2D eigenvalue weighted by molar-refractivity contribution is 9.10. The van der Waals surface area contributed by atoms with Crippen LogP contribution < -0.4 is 10.1 Å². The van der Waals surface area contributed by atoms with Gasteiger partial charge < -0.3 is 14.6 Å². The molecule has 0 fully saturated rings. The number of ether oxygens (including phenoxy) is 1. The predicted octanol–water partition coefficient (Wildman–Crippen LogP) is 4.18. The number of carbonyl (C=O) groups is 1. The SMILES string of the molecule is COc1ccc(CNC(=O)Cn2c(C)c(Br)c3ccccc32)cc1F. The molecule has 1 heterocycles. The van der Waals surface area contributed by atoms with E-state index in [0.29, 0.717) is 5.56 Å². The number of benzene rings is 2. The van der Waals surface area contributed by atoms with Gasteiger partial charge in [-0.05, 0) is 46.6 Å². The van der Waals surface area contributed by atoms with Gasteiger partial charge in [0.15, 0.2) is 11.6 Å². The minimum absolute atomic E-state index is 0.132. The number of hydrogen-bond donors (Lipinski definition) is 1. The van der Waals surface area contributed by atoms with Gasteiger partial charge in [-0.15, -0.1) is 0 Å². The molecule has 0 unspecified atom stereocenters. The summed E-state index contributed by atoms with van der Waals surface area (Å²) in [5.74, 6) is -0.382. The summed E-state index contributed by atoms with van der Waals surface area (Å²) >= 11 is 3.58. The summed E-state index contributed by atoms with van der Waals surface area (Å²) in [7, 11) is 1.42. The smallest absolute Gasteiger partial charge is 0.240 e. The van der Waals surface area contributed by atoms with Crippen LogP contribution >= 0.6 is 15.9 Å². The van der Waals surface area contributed by atoms with Gasteiger partial charge in [0.2, 0.25) is 5.91 Å². The van der Waals surface area contributed by atoms with E-state index in [1.54, 1.807) is 12.1 Å². The van der Waals surface area contributed by atoms with Crippen LogP contribution in [-0.2, 0) is 17.9 Å². The second-order valence-corrected chi connectivity index (χ2v) is 6.54. The Hall–Kier alpha value is -2.34. The molecule has 6 heteroatoms. The van der Waals surface area contributed by atoms with Crippen LogP contribution in [-0.4, -0.2) is 17.6 Å². The van der Waals surface area contributed by atoms with E-state index in [-0.39, 0.29) is 24.7 Å². The van der Waals surface area contributed by atoms with E-state index in [2.05, 4.69) is 21.2 Å². The molecule has 25 heavy (non-hydrogen) atoms. The predicted molar refractivity (Wildman–Crippen MR) is 99.2 cm³/mol. The number of nitrogens with zero attached hydrogens (tertiary/aromatic N) is 1. The highest BCUT2D eigenvalue weighted by atomic mass is 79.9. The van der Waals surface area contributed by atoms with Crippen molar-refractivity contribution in [3.63, 3.8) is 0 Å². The standard InChI is InChI=1S/C19H18BrFN2O2/c1-12-19(20)14-5-3-4-6-16(14)23(12)11-18(24)22-10-13-7-8-17(25-2)15(21)9-13/h3-9H,10-11H2,1-2H3,(H,22,24). The van der Waals surface area contributed by atoms with Gasteiger partial charge in [0.05, 0.1) is 7.11 Å². The van der Waals surface area contributed by atoms with E-state index < -0.39 is 5.82 Å². The van der Waals surface area contributed by atoms with Gasteiger partial charge in [0.1, 0.15) is 6.54 Å². The maximum atomic E-state index is 13.7. The molecule has 4 nitrogen and oxygen atoms in total. The Morgan fingerprint density at radius 3 is 2.76 bits per heavy atom. The molecule has 3 rings (SSSR count). The number of methoxy groups -OCH3 is 1. The number of aromatic nitrogens is 1. The molecule has 1 N–H and O–H groups in total. The fourth-order valence-electron chi connectivity index (χ4n) is 2.81. The maximum Gasteiger partial charge on any atom is 0.240 e. The molecule has 0 aliphatic rings. The van der Waals surface area contributed by atoms with Gasteiger partial charge in [-0.3, -0.25) is 4.79 Å². The summed E-state index contributed by atoms with van der Waals surface area (Å²) in [6.07, 6.45) is 0. The van der Waals surface area contributed by atoms with E-state index in [9.17, 15) is 9.18 Å². The molecule has 0 spiro atoms. The van der Waals surface area contributed by atoms with Gasteiger partial charge in [0, 0.05) is 27.6 Å². The third-order valence-corrected chi connectivity index (χ3v) is 5.16. The lowest BCUT2D eigenvalue weighted by atomic mass is 10.2. The summed E-state index contributed by atoms with van der Waals surface area (Å²) in [5, 5.41) is 3.90. The van der Waals surface area contributed by atoms with E-state index in [1.165, 1.54) is 13.2 Å². The first kappa shape index (κ1) is 17.5. The molecule has 0 saturated carbocycles. The van der Waals surface area contributed by atoms with Crippen molar-refractivity contribution in [3.8, 4) is 5.75 Å². The van der Waals surface area contributed by atoms with E-state index in [1.807, 2.05) is 35.8 Å². The average molecular weight is 405 g/mol. The van der Waals surface area contributed by atoms with Crippen LogP contribution in [0.5, 0.6) is 5.75 Å². The first-order valence-electron chi connectivity index (χ1n) is 7.83. The van der Waals surface area contributed by atoms with Crippen LogP contribution in [0.4, 0.5) is 4.39 Å². The van der Waals surface area contributed by atoms with Crippen LogP contribution in [0.1, 0.15) is 11.3 Å². The van der Waals surface area contributed by atoms with Crippen LogP contribution in [0, 0.1) is 12.7 Å². The quantitative estimate of drug-likeness (QED) is 0.692. The number of fused-ring (bicyclic) bond motifs is 1. The van der Waals surface area contributed by atoms with Crippen molar-refractivity contribution in [1.82, 2.24) is 9.88 Å². The zero-order chi connectivity index (χ0) is 18.0. The number of nitrogens with one attached hydrogen (secondary N) is 1. The van der Waals surface area contributed by atoms with Crippen molar-refractivity contribution in [3.05, 3.63) is 64.0 Å². The fraction of sp³-hybridized carbons (Fsp3) is 0.211. The Morgan fingerprint density at radius 2 is 2.04 bits per heavy atom. The van der Waals surface area contributed by atoms with Crippen molar-refractivity contribution < 1.29 is 13.9 Å². The fourth-order valence-corrected chi connectivity index (χ4v) is 3.36. The largest absolute Gasteiger partial charge is 0.494 e. The molecule has 1 aromatic heterocycles. The summed E-state index contributed by atoms with van der Waals surface area (Å²) in [4.78, 5) is 12.3. The van der Waals surface area contributed by atoms with Gasteiger partial charge in [-0.1, -0.05) is 24.3 Å². The van der Waals surface area contributed by atoms with Crippen LogP contribution in [0.2, 0.25) is 0 Å². The summed E-state index contributed by atoms with van der Waals surface area (Å²) in [5.41, 5.74) is 2.67. The molecular weight excluding hydrogens is 387 g/mol. The Bertz CT molecular complexity index is 937. The number of rotatable bonds is 5. The van der Waals surface area contributed by atoms with Gasteiger partial charge >= 0.3 is 0 Å². The second kappa shape index (κ2) is 7.27. The van der Waals surface area contributed by atoms with E-state index in [0.717, 1.165) is 21.1 Å². The first-order valence-corrected chi connectivity index (χ1v) is 8.63. The molecule has 0 aliphatic heterocycles. The molecule has 1 amide bonds. The lowest BCUT2D eigenvalue weighted by molar-refractivity contribution is -0.121. The third-order valence-electron chi connectivity index (χ3n) is 4.16. The lowest BCUT2D eigenvalue weighted by Crippen LogP contribution is -2.27. The minimum atomic E-state index is -0.439. The van der Waals surface area contributed by atoms with Gasteiger partial charge in [-0.25, -0.2) is 4.39 Å². The molecular formula is C19H18BrFN2O2. The van der Waals surface area contributed by atoms with Gasteiger partial charge in [0.25, 0.3) is 0 Å². The van der Waals surface area contributed by atoms with E-state index in [4.69, 9.17) is 4.74 Å². The first-order chi connectivity index (χ1) is 12.0. The Kier molecular flexibility index (Phi) is 5.08. The molecule has 0 aliphatic carbocycles. The monoisotopic (exact) mass is 404 g/mol. The summed E-state index contributed by atoms with van der Waals surface area (Å²) in [6, 6.07) is 12.6. The molecule has 130 valence electrons. The highest BCUT2D eigenvalue weighted by Crippen LogP contribution is 2.30. The lowest BCUT2D eigenvalue weighted by Gasteiger charge is -2.10. The molecule has 0 bridgehead atoms. The number of para-hydroxylation sites is 1. The summed E-state index contributed by atoms with van der Waals surface area (Å²) in [6.45, 7) is 2.44. The van der Waals surface area contributed by atoms with Crippen molar-refractivity contribution in [2.75, 3.05) is 7.11 Å². The van der Waals surface area contributed by atoms with Crippen molar-refractivity contribution in [2.45, 2.75) is 20.0 Å². The van der Waals surface area contributed by atoms with E-state index >= 15 is 0 Å². The summed E-state index contributed by atoms with van der Waals surface area (Å²) < 4.78 is 21.6. The zero-order valence-electron chi connectivity index (χ0n) is 14.0. The Balaban J connectivity index is 1.71. The number of hydrogen-bond acceptors (Lipinski definition) is 2.